The Hall–Kier alpha value is -1.93. The molecule has 2 heteroatoms. The van der Waals surface area contributed by atoms with E-state index in [1.165, 1.54) is 37.7 Å². The van der Waals surface area contributed by atoms with E-state index in [0.717, 1.165) is 18.7 Å². The Morgan fingerprint density at radius 1 is 1.10 bits per heavy atom. The van der Waals surface area contributed by atoms with Gasteiger partial charge in [0.25, 0.3) is 0 Å². The van der Waals surface area contributed by atoms with Crippen LogP contribution in [0.15, 0.2) is 48.5 Å². The minimum atomic E-state index is 0.235. The van der Waals surface area contributed by atoms with Crippen LogP contribution in [0.3, 0.4) is 0 Å². The van der Waals surface area contributed by atoms with Crippen molar-refractivity contribution in [2.75, 3.05) is 13.1 Å². The summed E-state index contributed by atoms with van der Waals surface area (Å²) in [6.45, 7) is 11.4. The van der Waals surface area contributed by atoms with Crippen LogP contribution in [0, 0.1) is 11.3 Å². The Morgan fingerprint density at radius 3 is 2.61 bits per heavy atom. The SMILES string of the molecule is CC(C)c1ccc2c(c1)CC[C@H]1[C@](C)(CNCCC(=O)c3ccccc3)CCC[C@]21C. The van der Waals surface area contributed by atoms with Gasteiger partial charge < -0.3 is 5.32 Å². The fraction of sp³-hybridized carbons (Fsp3) is 0.552. The molecule has 0 saturated heterocycles. The number of ketones is 1. The number of hydrogen-bond donors (Lipinski definition) is 1. The minimum Gasteiger partial charge on any atom is -0.316 e. The predicted octanol–water partition coefficient (Wildman–Crippen LogP) is 6.68. The lowest BCUT2D eigenvalue weighted by Crippen LogP contribution is -2.52. The van der Waals surface area contributed by atoms with Crippen molar-refractivity contribution < 1.29 is 4.79 Å². The highest BCUT2D eigenvalue weighted by atomic mass is 16.1. The summed E-state index contributed by atoms with van der Waals surface area (Å²) in [6, 6.07) is 17.0. The molecule has 2 aromatic rings. The number of benzene rings is 2. The molecule has 31 heavy (non-hydrogen) atoms. The average Bonchev–Trinajstić information content (AvgIpc) is 2.76. The number of aryl methyl sites for hydroxylation is 1. The molecule has 1 N–H and O–H groups in total. The van der Waals surface area contributed by atoms with Crippen LogP contribution in [-0.4, -0.2) is 18.9 Å². The molecule has 3 atom stereocenters. The Labute approximate surface area is 188 Å². The maximum atomic E-state index is 12.4. The topological polar surface area (TPSA) is 29.1 Å². The third-order valence-electron chi connectivity index (χ3n) is 8.32. The van der Waals surface area contributed by atoms with E-state index in [2.05, 4.69) is 51.2 Å². The van der Waals surface area contributed by atoms with E-state index >= 15 is 0 Å². The van der Waals surface area contributed by atoms with E-state index < -0.39 is 0 Å². The number of carbonyl (C=O) groups is 1. The molecule has 1 saturated carbocycles. The van der Waals surface area contributed by atoms with Gasteiger partial charge in [-0.1, -0.05) is 82.6 Å². The first-order chi connectivity index (χ1) is 14.8. The fourth-order valence-electron chi connectivity index (χ4n) is 6.56. The second-order valence-electron chi connectivity index (χ2n) is 10.8. The van der Waals surface area contributed by atoms with Gasteiger partial charge in [0, 0.05) is 25.1 Å². The molecule has 2 nitrogen and oxygen atoms in total. The molecule has 166 valence electrons. The molecule has 2 aliphatic carbocycles. The molecule has 4 rings (SSSR count). The number of rotatable bonds is 7. The molecule has 1 fully saturated rings. The molecule has 0 bridgehead atoms. The standard InChI is InChI=1S/C29H39NO/c1-21(2)23-11-13-25-24(19-23)12-14-27-28(3,16-8-17-29(25,27)4)20-30-18-15-26(31)22-9-6-5-7-10-22/h5-7,9-11,13,19,21,27,30H,8,12,14-18,20H2,1-4H3/t27-,28-,29+/m0/s1. The van der Waals surface area contributed by atoms with Gasteiger partial charge in [-0.2, -0.15) is 0 Å². The minimum absolute atomic E-state index is 0.235. The summed E-state index contributed by atoms with van der Waals surface area (Å²) in [5.41, 5.74) is 6.07. The van der Waals surface area contributed by atoms with Gasteiger partial charge in [0.1, 0.15) is 0 Å². The monoisotopic (exact) mass is 417 g/mol. The van der Waals surface area contributed by atoms with Gasteiger partial charge in [0.2, 0.25) is 0 Å². The second kappa shape index (κ2) is 8.90. The molecule has 0 amide bonds. The van der Waals surface area contributed by atoms with Crippen LogP contribution in [-0.2, 0) is 11.8 Å². The average molecular weight is 418 g/mol. The molecule has 0 aromatic heterocycles. The van der Waals surface area contributed by atoms with Gasteiger partial charge >= 0.3 is 0 Å². The summed E-state index contributed by atoms with van der Waals surface area (Å²) in [5.74, 6) is 1.53. The molecule has 0 heterocycles. The maximum Gasteiger partial charge on any atom is 0.164 e. The highest BCUT2D eigenvalue weighted by molar-refractivity contribution is 5.96. The summed E-state index contributed by atoms with van der Waals surface area (Å²) in [5, 5.41) is 3.67. The zero-order valence-electron chi connectivity index (χ0n) is 19.8. The van der Waals surface area contributed by atoms with Crippen molar-refractivity contribution >= 4 is 5.78 Å². The van der Waals surface area contributed by atoms with E-state index in [1.54, 1.807) is 11.1 Å². The number of Topliss-reactive ketones (excluding diaryl/α,β-unsaturated/α-hetero) is 1. The summed E-state index contributed by atoms with van der Waals surface area (Å²) in [4.78, 5) is 12.4. The Bertz CT molecular complexity index is 918. The predicted molar refractivity (Wildman–Crippen MR) is 130 cm³/mol. The fourth-order valence-corrected chi connectivity index (χ4v) is 6.56. The van der Waals surface area contributed by atoms with E-state index in [1.807, 2.05) is 30.3 Å². The smallest absolute Gasteiger partial charge is 0.164 e. The zero-order chi connectivity index (χ0) is 22.1. The molecule has 0 aliphatic heterocycles. The van der Waals surface area contributed by atoms with Crippen molar-refractivity contribution in [2.24, 2.45) is 11.3 Å². The van der Waals surface area contributed by atoms with Crippen LogP contribution in [0.25, 0.3) is 0 Å². The van der Waals surface area contributed by atoms with Gasteiger partial charge in [0.05, 0.1) is 0 Å². The summed E-state index contributed by atoms with van der Waals surface area (Å²) in [6.07, 6.45) is 6.94. The van der Waals surface area contributed by atoms with Crippen LogP contribution >= 0.6 is 0 Å². The zero-order valence-corrected chi connectivity index (χ0v) is 19.8. The number of carbonyl (C=O) groups excluding carboxylic acids is 1. The first kappa shape index (κ1) is 22.3. The van der Waals surface area contributed by atoms with Gasteiger partial charge in [-0.05, 0) is 65.0 Å². The Morgan fingerprint density at radius 2 is 1.87 bits per heavy atom. The van der Waals surface area contributed by atoms with Crippen molar-refractivity contribution in [1.82, 2.24) is 5.32 Å². The molecular weight excluding hydrogens is 378 g/mol. The quantitative estimate of drug-likeness (QED) is 0.402. The molecule has 0 unspecified atom stereocenters. The van der Waals surface area contributed by atoms with Crippen molar-refractivity contribution in [3.63, 3.8) is 0 Å². The van der Waals surface area contributed by atoms with E-state index in [-0.39, 0.29) is 16.6 Å². The van der Waals surface area contributed by atoms with Gasteiger partial charge in [-0.3, -0.25) is 4.79 Å². The highest BCUT2D eigenvalue weighted by Gasteiger charge is 2.51. The first-order valence-corrected chi connectivity index (χ1v) is 12.3. The van der Waals surface area contributed by atoms with E-state index in [4.69, 9.17) is 0 Å². The number of hydrogen-bond acceptors (Lipinski definition) is 2. The molecule has 2 aromatic carbocycles. The van der Waals surface area contributed by atoms with Crippen LogP contribution < -0.4 is 5.32 Å². The summed E-state index contributed by atoms with van der Waals surface area (Å²) in [7, 11) is 0. The third kappa shape index (κ3) is 4.37. The van der Waals surface area contributed by atoms with Gasteiger partial charge in [-0.15, -0.1) is 0 Å². The highest BCUT2D eigenvalue weighted by Crippen LogP contribution is 2.57. The van der Waals surface area contributed by atoms with Crippen LogP contribution in [0.2, 0.25) is 0 Å². The van der Waals surface area contributed by atoms with Crippen molar-refractivity contribution in [3.05, 3.63) is 70.8 Å². The summed E-state index contributed by atoms with van der Waals surface area (Å²) >= 11 is 0. The lowest BCUT2D eigenvalue weighted by atomic mass is 9.49. The van der Waals surface area contributed by atoms with Crippen molar-refractivity contribution in [1.29, 1.82) is 0 Å². The van der Waals surface area contributed by atoms with Crippen molar-refractivity contribution in [2.45, 2.75) is 77.6 Å². The number of nitrogens with one attached hydrogen (secondary N) is 1. The van der Waals surface area contributed by atoms with E-state index in [9.17, 15) is 4.79 Å². The lowest BCUT2D eigenvalue weighted by Gasteiger charge is -2.55. The Kier molecular flexibility index (Phi) is 6.40. The first-order valence-electron chi connectivity index (χ1n) is 12.3. The molecular formula is C29H39NO. The Balaban J connectivity index is 1.43. The molecule has 0 spiro atoms. The van der Waals surface area contributed by atoms with Gasteiger partial charge in [-0.25, -0.2) is 0 Å². The summed E-state index contributed by atoms with van der Waals surface area (Å²) < 4.78 is 0. The van der Waals surface area contributed by atoms with Crippen LogP contribution in [0.5, 0.6) is 0 Å². The molecule has 2 aliphatic rings. The lowest BCUT2D eigenvalue weighted by molar-refractivity contribution is 0.0260. The normalized spacial score (nSPS) is 27.6. The van der Waals surface area contributed by atoms with Crippen LogP contribution in [0.4, 0.5) is 0 Å². The van der Waals surface area contributed by atoms with Gasteiger partial charge in [0.15, 0.2) is 5.78 Å². The second-order valence-corrected chi connectivity index (χ2v) is 10.8. The number of fused-ring (bicyclic) bond motifs is 3. The maximum absolute atomic E-state index is 12.4. The van der Waals surface area contributed by atoms with E-state index in [0.29, 0.717) is 18.3 Å². The third-order valence-corrected chi connectivity index (χ3v) is 8.32. The van der Waals surface area contributed by atoms with Crippen molar-refractivity contribution in [3.8, 4) is 0 Å². The van der Waals surface area contributed by atoms with Crippen LogP contribution in [0.1, 0.15) is 92.8 Å². The molecule has 0 radical (unpaired) electrons. The largest absolute Gasteiger partial charge is 0.316 e.